The van der Waals surface area contributed by atoms with Crippen molar-refractivity contribution >= 4 is 55.6 Å². The second-order valence-electron chi connectivity index (χ2n) is 3.98. The minimum Gasteiger partial charge on any atom is -0.481 e. The number of anilines is 1. The minimum atomic E-state index is -0.809. The van der Waals surface area contributed by atoms with Crippen LogP contribution in [0, 0.1) is 0 Å². The Hall–Kier alpha value is -1.25. The van der Waals surface area contributed by atoms with Crippen LogP contribution in [0.4, 0.5) is 5.13 Å². The van der Waals surface area contributed by atoms with E-state index in [1.807, 2.05) is 5.38 Å². The van der Waals surface area contributed by atoms with Crippen LogP contribution in [0.1, 0.15) is 28.9 Å². The largest absolute Gasteiger partial charge is 0.481 e. The van der Waals surface area contributed by atoms with Gasteiger partial charge in [-0.15, -0.1) is 22.7 Å². The summed E-state index contributed by atoms with van der Waals surface area (Å²) in [5.74, 6) is -1.00. The molecule has 1 amide bonds. The van der Waals surface area contributed by atoms with Crippen LogP contribution >= 0.6 is 38.6 Å². The van der Waals surface area contributed by atoms with Gasteiger partial charge in [0.1, 0.15) is 0 Å². The summed E-state index contributed by atoms with van der Waals surface area (Å²) in [5, 5.41) is 15.4. The van der Waals surface area contributed by atoms with Crippen molar-refractivity contribution in [3.8, 4) is 0 Å². The maximum atomic E-state index is 11.9. The van der Waals surface area contributed by atoms with Crippen LogP contribution in [0.2, 0.25) is 0 Å². The van der Waals surface area contributed by atoms with Crippen molar-refractivity contribution in [1.29, 1.82) is 0 Å². The molecule has 20 heavy (non-hydrogen) atoms. The highest BCUT2D eigenvalue weighted by Gasteiger charge is 2.11. The van der Waals surface area contributed by atoms with Gasteiger partial charge in [0.05, 0.1) is 15.0 Å². The highest BCUT2D eigenvalue weighted by molar-refractivity contribution is 9.11. The van der Waals surface area contributed by atoms with E-state index in [1.54, 1.807) is 11.4 Å². The number of hydrogen-bond acceptors (Lipinski definition) is 5. The number of thiophene rings is 1. The first-order valence-corrected chi connectivity index (χ1v) is 8.31. The quantitative estimate of drug-likeness (QED) is 0.808. The predicted octanol–water partition coefficient (Wildman–Crippen LogP) is 3.63. The lowest BCUT2D eigenvalue weighted by atomic mass is 10.2. The number of hydrogen-bond donors (Lipinski definition) is 2. The number of carboxylic acid groups (broad SMARTS) is 1. The van der Waals surface area contributed by atoms with Crippen molar-refractivity contribution in [3.05, 3.63) is 31.9 Å². The molecule has 0 aliphatic carbocycles. The van der Waals surface area contributed by atoms with Gasteiger partial charge in [-0.25, -0.2) is 4.98 Å². The lowest BCUT2D eigenvalue weighted by molar-refractivity contribution is -0.137. The molecular weight excluding hydrogens is 364 g/mol. The summed E-state index contributed by atoms with van der Waals surface area (Å²) in [7, 11) is 0. The number of carbonyl (C=O) groups is 2. The van der Waals surface area contributed by atoms with Crippen molar-refractivity contribution < 1.29 is 14.7 Å². The third kappa shape index (κ3) is 4.39. The SMILES string of the molecule is O=C(O)CCCc1csc(NC(=O)c2csc(Br)c2)n1. The van der Waals surface area contributed by atoms with Gasteiger partial charge in [-0.05, 0) is 34.8 Å². The molecule has 106 valence electrons. The van der Waals surface area contributed by atoms with Gasteiger partial charge in [-0.2, -0.15) is 0 Å². The maximum absolute atomic E-state index is 11.9. The third-order valence-electron chi connectivity index (χ3n) is 2.43. The molecular formula is C12H11BrN2O3S2. The Labute approximate surface area is 131 Å². The second kappa shape index (κ2) is 6.96. The molecule has 0 saturated heterocycles. The van der Waals surface area contributed by atoms with Crippen LogP contribution in [0.3, 0.4) is 0 Å². The number of rotatable bonds is 6. The maximum Gasteiger partial charge on any atom is 0.303 e. The number of carboxylic acids is 1. The minimum absolute atomic E-state index is 0.127. The van der Waals surface area contributed by atoms with Gasteiger partial charge in [-0.3, -0.25) is 14.9 Å². The van der Waals surface area contributed by atoms with E-state index in [9.17, 15) is 9.59 Å². The van der Waals surface area contributed by atoms with Gasteiger partial charge < -0.3 is 5.11 Å². The van der Waals surface area contributed by atoms with E-state index in [-0.39, 0.29) is 12.3 Å². The molecule has 0 fully saturated rings. The Morgan fingerprint density at radius 3 is 2.80 bits per heavy atom. The van der Waals surface area contributed by atoms with Crippen molar-refractivity contribution in [2.24, 2.45) is 0 Å². The van der Waals surface area contributed by atoms with Crippen LogP contribution in [0.15, 0.2) is 20.6 Å². The van der Waals surface area contributed by atoms with Crippen LogP contribution < -0.4 is 5.32 Å². The molecule has 2 rings (SSSR count). The van der Waals surface area contributed by atoms with E-state index in [1.165, 1.54) is 22.7 Å². The summed E-state index contributed by atoms with van der Waals surface area (Å²) in [6, 6.07) is 1.75. The molecule has 0 aliphatic heterocycles. The highest BCUT2D eigenvalue weighted by Crippen LogP contribution is 2.22. The first kappa shape index (κ1) is 15.1. The topological polar surface area (TPSA) is 79.3 Å². The van der Waals surface area contributed by atoms with Crippen molar-refractivity contribution in [2.75, 3.05) is 5.32 Å². The van der Waals surface area contributed by atoms with Crippen molar-refractivity contribution in [2.45, 2.75) is 19.3 Å². The standard InChI is InChI=1S/C12H11BrN2O3S2/c13-9-4-7(5-19-9)11(18)15-12-14-8(6-20-12)2-1-3-10(16)17/h4-6H,1-3H2,(H,16,17)(H,14,15,18). The molecule has 2 N–H and O–H groups in total. The molecule has 0 atom stereocenters. The van der Waals surface area contributed by atoms with Crippen LogP contribution in [-0.2, 0) is 11.2 Å². The fourth-order valence-corrected chi connectivity index (χ4v) is 3.37. The summed E-state index contributed by atoms with van der Waals surface area (Å²) < 4.78 is 0.899. The second-order valence-corrected chi connectivity index (χ2v) is 7.13. The molecule has 0 saturated carbocycles. The molecule has 0 unspecified atom stereocenters. The van der Waals surface area contributed by atoms with Crippen molar-refractivity contribution in [3.63, 3.8) is 0 Å². The molecule has 0 spiro atoms. The Morgan fingerprint density at radius 1 is 1.35 bits per heavy atom. The van der Waals surface area contributed by atoms with Gasteiger partial charge in [0.2, 0.25) is 0 Å². The number of nitrogens with one attached hydrogen (secondary N) is 1. The number of thiazole rings is 1. The van der Waals surface area contributed by atoms with E-state index in [2.05, 4.69) is 26.2 Å². The van der Waals surface area contributed by atoms with Crippen LogP contribution in [0.25, 0.3) is 0 Å². The fraction of sp³-hybridized carbons (Fsp3) is 0.250. The normalized spacial score (nSPS) is 10.4. The number of aromatic nitrogens is 1. The number of nitrogens with zero attached hydrogens (tertiary/aromatic N) is 1. The monoisotopic (exact) mass is 374 g/mol. The molecule has 2 aromatic heterocycles. The molecule has 8 heteroatoms. The highest BCUT2D eigenvalue weighted by atomic mass is 79.9. The van der Waals surface area contributed by atoms with Gasteiger partial charge in [0.15, 0.2) is 5.13 Å². The summed E-state index contributed by atoms with van der Waals surface area (Å²) >= 11 is 6.09. The smallest absolute Gasteiger partial charge is 0.303 e. The molecule has 0 aromatic carbocycles. The number of aryl methyl sites for hydroxylation is 1. The number of amides is 1. The molecule has 0 aliphatic rings. The van der Waals surface area contributed by atoms with Gasteiger partial charge in [0.25, 0.3) is 5.91 Å². The lowest BCUT2D eigenvalue weighted by Gasteiger charge is -1.98. The van der Waals surface area contributed by atoms with Crippen LogP contribution in [0.5, 0.6) is 0 Å². The predicted molar refractivity (Wildman–Crippen MR) is 82.7 cm³/mol. The van der Waals surface area contributed by atoms with E-state index >= 15 is 0 Å². The Morgan fingerprint density at radius 2 is 2.15 bits per heavy atom. The molecule has 5 nitrogen and oxygen atoms in total. The Bertz CT molecular complexity index is 624. The Kier molecular flexibility index (Phi) is 5.27. The first-order valence-electron chi connectivity index (χ1n) is 5.76. The average Bonchev–Trinajstić information content (AvgIpc) is 2.98. The molecule has 0 radical (unpaired) electrons. The number of halogens is 1. The summed E-state index contributed by atoms with van der Waals surface area (Å²) in [4.78, 5) is 26.6. The molecule has 2 aromatic rings. The molecule has 2 heterocycles. The fourth-order valence-electron chi connectivity index (χ4n) is 1.50. The Balaban J connectivity index is 1.89. The zero-order valence-corrected chi connectivity index (χ0v) is 13.5. The van der Waals surface area contributed by atoms with Crippen molar-refractivity contribution in [1.82, 2.24) is 4.98 Å². The van der Waals surface area contributed by atoms with Gasteiger partial charge in [-0.1, -0.05) is 0 Å². The summed E-state index contributed by atoms with van der Waals surface area (Å²) in [5.41, 5.74) is 1.39. The first-order chi connectivity index (χ1) is 9.54. The van der Waals surface area contributed by atoms with Gasteiger partial charge >= 0.3 is 5.97 Å². The van der Waals surface area contributed by atoms with E-state index in [0.717, 1.165) is 9.48 Å². The summed E-state index contributed by atoms with van der Waals surface area (Å²) in [6.45, 7) is 0. The molecule has 0 bridgehead atoms. The third-order valence-corrected chi connectivity index (χ3v) is 4.74. The van der Waals surface area contributed by atoms with Crippen LogP contribution in [-0.4, -0.2) is 22.0 Å². The zero-order valence-electron chi connectivity index (χ0n) is 10.3. The number of carbonyl (C=O) groups excluding carboxylic acids is 1. The van der Waals surface area contributed by atoms with E-state index < -0.39 is 5.97 Å². The lowest BCUT2D eigenvalue weighted by Crippen LogP contribution is -2.10. The van der Waals surface area contributed by atoms with E-state index in [0.29, 0.717) is 23.5 Å². The zero-order chi connectivity index (χ0) is 14.5. The summed E-state index contributed by atoms with van der Waals surface area (Å²) in [6.07, 6.45) is 1.27. The van der Waals surface area contributed by atoms with E-state index in [4.69, 9.17) is 5.11 Å². The average molecular weight is 375 g/mol. The number of aliphatic carboxylic acids is 1. The van der Waals surface area contributed by atoms with Gasteiger partial charge in [0, 0.05) is 17.2 Å².